The number of hydrogen-bond donors (Lipinski definition) is 0. The molecule has 0 aliphatic carbocycles. The molecule has 1 amide bonds. The highest BCUT2D eigenvalue weighted by Gasteiger charge is 2.40. The van der Waals surface area contributed by atoms with E-state index in [1.807, 2.05) is 42.2 Å². The minimum atomic E-state index is -1.91. The van der Waals surface area contributed by atoms with Crippen LogP contribution in [0, 0.1) is 11.8 Å². The maximum atomic E-state index is 12.9. The number of piperidine rings is 1. The summed E-state index contributed by atoms with van der Waals surface area (Å²) in [7, 11) is -1.91. The summed E-state index contributed by atoms with van der Waals surface area (Å²) in [6, 6.07) is 9.40. The number of carbonyl (C=O) groups excluding carboxylic acids is 2. The second-order valence-corrected chi connectivity index (χ2v) is 14.3. The summed E-state index contributed by atoms with van der Waals surface area (Å²) in [6.45, 7) is 15.2. The van der Waals surface area contributed by atoms with Gasteiger partial charge >= 0.3 is 5.97 Å². The number of benzene rings is 1. The summed E-state index contributed by atoms with van der Waals surface area (Å²) < 4.78 is 11.7. The Bertz CT molecular complexity index is 684. The third-order valence-electron chi connectivity index (χ3n) is 6.40. The van der Waals surface area contributed by atoms with Crippen molar-refractivity contribution in [1.29, 1.82) is 0 Å². The van der Waals surface area contributed by atoms with Crippen molar-refractivity contribution in [2.75, 3.05) is 26.3 Å². The normalized spacial score (nSPS) is 20.4. The number of nitrogens with zero attached hydrogens (tertiary/aromatic N) is 1. The minimum absolute atomic E-state index is 0.0533. The van der Waals surface area contributed by atoms with Crippen LogP contribution in [0.15, 0.2) is 30.3 Å². The molecule has 1 aromatic carbocycles. The van der Waals surface area contributed by atoms with Gasteiger partial charge in [0.2, 0.25) is 0 Å². The van der Waals surface area contributed by atoms with Crippen LogP contribution in [0.4, 0.5) is 0 Å². The van der Waals surface area contributed by atoms with Gasteiger partial charge in [0, 0.05) is 37.6 Å². The van der Waals surface area contributed by atoms with E-state index in [1.165, 1.54) is 0 Å². The van der Waals surface area contributed by atoms with Crippen LogP contribution < -0.4 is 0 Å². The van der Waals surface area contributed by atoms with E-state index in [-0.39, 0.29) is 28.8 Å². The van der Waals surface area contributed by atoms with Crippen molar-refractivity contribution < 1.29 is 18.8 Å². The van der Waals surface area contributed by atoms with Gasteiger partial charge in [-0.3, -0.25) is 9.59 Å². The number of rotatable bonds is 7. The Hall–Kier alpha value is -1.66. The molecule has 1 fully saturated rings. The zero-order valence-electron chi connectivity index (χ0n) is 18.9. The number of esters is 1. The summed E-state index contributed by atoms with van der Waals surface area (Å²) in [5.41, 5.74) is 0.709. The van der Waals surface area contributed by atoms with Gasteiger partial charge in [-0.25, -0.2) is 0 Å². The zero-order valence-corrected chi connectivity index (χ0v) is 19.9. The van der Waals surface area contributed by atoms with E-state index in [0.29, 0.717) is 38.3 Å². The first-order valence-electron chi connectivity index (χ1n) is 10.7. The number of hydrogen-bond acceptors (Lipinski definition) is 4. The largest absolute Gasteiger partial charge is 0.466 e. The van der Waals surface area contributed by atoms with Crippen LogP contribution in [0.25, 0.3) is 0 Å². The predicted molar refractivity (Wildman–Crippen MR) is 118 cm³/mol. The molecule has 162 valence electrons. The van der Waals surface area contributed by atoms with Crippen LogP contribution in [0.2, 0.25) is 18.1 Å². The Labute approximate surface area is 176 Å². The average Bonchev–Trinajstić information content (AvgIpc) is 2.66. The molecule has 2 rings (SSSR count). The molecule has 0 aromatic heterocycles. The zero-order chi connectivity index (χ0) is 21.7. The summed E-state index contributed by atoms with van der Waals surface area (Å²) in [5.74, 6) is 0.212. The molecule has 1 aliphatic rings. The molecule has 2 atom stereocenters. The molecule has 1 aromatic rings. The van der Waals surface area contributed by atoms with E-state index >= 15 is 0 Å². The standard InChI is InChI=1S/C23H37NO4Si/c1-7-27-21(25)15-19-13-14-24(22(26)18-11-9-8-10-12-18)16-20(19)17-28-29(5,6)23(2,3)4/h8-12,19-20H,7,13-17H2,1-6H3/t19-,20+/m0/s1. The Morgan fingerprint density at radius 1 is 1.14 bits per heavy atom. The smallest absolute Gasteiger partial charge is 0.306 e. The van der Waals surface area contributed by atoms with E-state index < -0.39 is 8.32 Å². The topological polar surface area (TPSA) is 55.8 Å². The van der Waals surface area contributed by atoms with E-state index in [2.05, 4.69) is 33.9 Å². The predicted octanol–water partition coefficient (Wildman–Crippen LogP) is 4.74. The fraction of sp³-hybridized carbons (Fsp3) is 0.652. The van der Waals surface area contributed by atoms with Gasteiger partial charge in [0.1, 0.15) is 0 Å². The lowest BCUT2D eigenvalue weighted by Gasteiger charge is -2.42. The van der Waals surface area contributed by atoms with Crippen molar-refractivity contribution in [2.24, 2.45) is 11.8 Å². The lowest BCUT2D eigenvalue weighted by Crippen LogP contribution is -2.48. The van der Waals surface area contributed by atoms with Gasteiger partial charge in [-0.1, -0.05) is 39.0 Å². The molecular formula is C23H37NO4Si. The molecule has 1 aliphatic heterocycles. The second kappa shape index (κ2) is 9.89. The molecule has 0 bridgehead atoms. The summed E-state index contributed by atoms with van der Waals surface area (Å²) in [5, 5.41) is 0.123. The van der Waals surface area contributed by atoms with E-state index in [4.69, 9.17) is 9.16 Å². The molecule has 29 heavy (non-hydrogen) atoms. The van der Waals surface area contributed by atoms with Crippen LogP contribution in [-0.2, 0) is 14.0 Å². The SMILES string of the molecule is CCOC(=O)C[C@@H]1CCN(C(=O)c2ccccc2)C[C@@H]1CO[Si](C)(C)C(C)(C)C. The third-order valence-corrected chi connectivity index (χ3v) is 10.9. The number of likely N-dealkylation sites (tertiary alicyclic amines) is 1. The Morgan fingerprint density at radius 3 is 2.38 bits per heavy atom. The lowest BCUT2D eigenvalue weighted by atomic mass is 9.83. The first kappa shape index (κ1) is 23.6. The summed E-state index contributed by atoms with van der Waals surface area (Å²) in [6.07, 6.45) is 1.19. The molecule has 0 unspecified atom stereocenters. The van der Waals surface area contributed by atoms with Crippen molar-refractivity contribution in [1.82, 2.24) is 4.90 Å². The monoisotopic (exact) mass is 419 g/mol. The van der Waals surface area contributed by atoms with Crippen molar-refractivity contribution in [3.63, 3.8) is 0 Å². The summed E-state index contributed by atoms with van der Waals surface area (Å²) >= 11 is 0. The number of ether oxygens (including phenoxy) is 1. The van der Waals surface area contributed by atoms with Crippen molar-refractivity contribution in [2.45, 2.75) is 58.7 Å². The molecule has 0 saturated carbocycles. The molecular weight excluding hydrogens is 382 g/mol. The van der Waals surface area contributed by atoms with Crippen LogP contribution in [0.3, 0.4) is 0 Å². The first-order chi connectivity index (χ1) is 13.5. The number of amides is 1. The maximum absolute atomic E-state index is 12.9. The molecule has 6 heteroatoms. The highest BCUT2D eigenvalue weighted by molar-refractivity contribution is 6.74. The van der Waals surface area contributed by atoms with Gasteiger partial charge in [-0.15, -0.1) is 0 Å². The molecule has 1 saturated heterocycles. The van der Waals surface area contributed by atoms with Crippen LogP contribution in [0.5, 0.6) is 0 Å². The van der Waals surface area contributed by atoms with Crippen LogP contribution in [0.1, 0.15) is 50.9 Å². The Kier molecular flexibility index (Phi) is 8.06. The Balaban J connectivity index is 2.11. The maximum Gasteiger partial charge on any atom is 0.306 e. The molecule has 1 heterocycles. The summed E-state index contributed by atoms with van der Waals surface area (Å²) in [4.78, 5) is 27.0. The highest BCUT2D eigenvalue weighted by Crippen LogP contribution is 2.38. The van der Waals surface area contributed by atoms with Crippen molar-refractivity contribution in [3.05, 3.63) is 35.9 Å². The van der Waals surface area contributed by atoms with Crippen molar-refractivity contribution in [3.8, 4) is 0 Å². The van der Waals surface area contributed by atoms with Crippen LogP contribution >= 0.6 is 0 Å². The van der Waals surface area contributed by atoms with Crippen LogP contribution in [-0.4, -0.2) is 51.4 Å². The fourth-order valence-electron chi connectivity index (χ4n) is 3.45. The van der Waals surface area contributed by atoms with E-state index in [1.54, 1.807) is 0 Å². The van der Waals surface area contributed by atoms with Crippen molar-refractivity contribution >= 4 is 20.2 Å². The molecule has 0 spiro atoms. The molecule has 0 radical (unpaired) electrons. The molecule has 0 N–H and O–H groups in total. The van der Waals surface area contributed by atoms with Gasteiger partial charge in [-0.2, -0.15) is 0 Å². The second-order valence-electron chi connectivity index (χ2n) is 9.51. The quantitative estimate of drug-likeness (QED) is 0.473. The highest BCUT2D eigenvalue weighted by atomic mass is 28.4. The van der Waals surface area contributed by atoms with Gasteiger partial charge in [-0.05, 0) is 49.5 Å². The number of carbonyl (C=O) groups is 2. The van der Waals surface area contributed by atoms with E-state index in [0.717, 1.165) is 6.42 Å². The Morgan fingerprint density at radius 2 is 1.79 bits per heavy atom. The van der Waals surface area contributed by atoms with E-state index in [9.17, 15) is 9.59 Å². The average molecular weight is 420 g/mol. The fourth-order valence-corrected chi connectivity index (χ4v) is 4.52. The van der Waals surface area contributed by atoms with Gasteiger partial charge in [0.15, 0.2) is 8.32 Å². The first-order valence-corrected chi connectivity index (χ1v) is 13.6. The van der Waals surface area contributed by atoms with Gasteiger partial charge in [0.25, 0.3) is 5.91 Å². The minimum Gasteiger partial charge on any atom is -0.466 e. The third kappa shape index (κ3) is 6.41. The van der Waals surface area contributed by atoms with Gasteiger partial charge < -0.3 is 14.1 Å². The molecule has 5 nitrogen and oxygen atoms in total. The van der Waals surface area contributed by atoms with Gasteiger partial charge in [0.05, 0.1) is 6.61 Å². The lowest BCUT2D eigenvalue weighted by molar-refractivity contribution is -0.145.